The summed E-state index contributed by atoms with van der Waals surface area (Å²) in [6.45, 7) is 3.38. The number of nitrogens with zero attached hydrogens (tertiary/aromatic N) is 2. The van der Waals surface area contributed by atoms with Crippen LogP contribution < -0.4 is 5.32 Å². The Labute approximate surface area is 104 Å². The highest BCUT2D eigenvalue weighted by molar-refractivity contribution is 5.28. The minimum Gasteiger partial charge on any atom is -0.311 e. The highest BCUT2D eigenvalue weighted by atomic mass is 19.4. The summed E-state index contributed by atoms with van der Waals surface area (Å²) >= 11 is 0. The van der Waals surface area contributed by atoms with Gasteiger partial charge in [-0.25, -0.2) is 9.97 Å². The number of rotatable bonds is 3. The van der Waals surface area contributed by atoms with Crippen LogP contribution in [-0.2, 0) is 25.8 Å². The number of nitrogens with one attached hydrogen (secondary N) is 1. The molecule has 0 atom stereocenters. The first-order chi connectivity index (χ1) is 8.49. The third-order valence-electron chi connectivity index (χ3n) is 2.91. The molecular weight excluding hydrogens is 243 g/mol. The van der Waals surface area contributed by atoms with Crippen LogP contribution in [0.2, 0.25) is 0 Å². The van der Waals surface area contributed by atoms with Crippen LogP contribution in [0.5, 0.6) is 0 Å². The maximum atomic E-state index is 12.4. The van der Waals surface area contributed by atoms with E-state index in [-0.39, 0.29) is 5.82 Å². The third kappa shape index (κ3) is 3.19. The van der Waals surface area contributed by atoms with Crippen LogP contribution in [0, 0.1) is 0 Å². The normalized spacial score (nSPS) is 15.6. The maximum absolute atomic E-state index is 12.4. The lowest BCUT2D eigenvalue weighted by Crippen LogP contribution is -2.28. The van der Waals surface area contributed by atoms with Gasteiger partial charge in [-0.15, -0.1) is 0 Å². The van der Waals surface area contributed by atoms with Gasteiger partial charge in [0, 0.05) is 12.2 Å². The molecule has 2 rings (SSSR count). The predicted octanol–water partition coefficient (Wildman–Crippen LogP) is 2.18. The summed E-state index contributed by atoms with van der Waals surface area (Å²) in [5, 5.41) is 3.13. The molecule has 18 heavy (non-hydrogen) atoms. The molecule has 0 bridgehead atoms. The average Bonchev–Trinajstić information content (AvgIpc) is 2.27. The highest BCUT2D eigenvalue weighted by Gasteiger charge is 2.30. The van der Waals surface area contributed by atoms with Crippen LogP contribution in [0.15, 0.2) is 0 Å². The van der Waals surface area contributed by atoms with Gasteiger partial charge < -0.3 is 5.32 Å². The minimum atomic E-state index is -4.25. The number of aryl methyl sites for hydroxylation is 1. The van der Waals surface area contributed by atoms with Gasteiger partial charge in [-0.1, -0.05) is 13.3 Å². The van der Waals surface area contributed by atoms with E-state index in [1.165, 1.54) is 0 Å². The smallest absolute Gasteiger partial charge is 0.311 e. The molecule has 1 N–H and O–H groups in total. The van der Waals surface area contributed by atoms with Crippen molar-refractivity contribution in [2.75, 3.05) is 6.54 Å². The first-order valence-electron chi connectivity index (χ1n) is 6.14. The minimum absolute atomic E-state index is 0.103. The highest BCUT2D eigenvalue weighted by Crippen LogP contribution is 2.22. The van der Waals surface area contributed by atoms with E-state index in [0.29, 0.717) is 6.54 Å². The number of aromatic nitrogens is 2. The van der Waals surface area contributed by atoms with E-state index in [2.05, 4.69) is 15.3 Å². The summed E-state index contributed by atoms with van der Waals surface area (Å²) in [5.74, 6) is -0.103. The molecule has 0 aromatic carbocycles. The van der Waals surface area contributed by atoms with E-state index < -0.39 is 12.6 Å². The van der Waals surface area contributed by atoms with Crippen LogP contribution in [0.1, 0.15) is 36.1 Å². The SMILES string of the molecule is CCCc1nc(CC(F)(F)F)nc2c1CCNC2. The van der Waals surface area contributed by atoms with Gasteiger partial charge in [0.2, 0.25) is 0 Å². The van der Waals surface area contributed by atoms with Gasteiger partial charge in [0.25, 0.3) is 0 Å². The second kappa shape index (κ2) is 5.22. The van der Waals surface area contributed by atoms with Crippen LogP contribution in [-0.4, -0.2) is 22.7 Å². The van der Waals surface area contributed by atoms with Crippen molar-refractivity contribution in [1.29, 1.82) is 0 Å². The Hall–Kier alpha value is -1.17. The molecule has 0 aliphatic carbocycles. The molecule has 0 saturated heterocycles. The standard InChI is InChI=1S/C12H16F3N3/c1-2-3-9-8-4-5-16-7-10(8)18-11(17-9)6-12(13,14)15/h16H,2-7H2,1H3. The van der Waals surface area contributed by atoms with Crippen LogP contribution >= 0.6 is 0 Å². The Bertz CT molecular complexity index is 429. The molecule has 0 spiro atoms. The first kappa shape index (κ1) is 13.3. The van der Waals surface area contributed by atoms with Crippen molar-refractivity contribution in [2.45, 2.75) is 45.3 Å². The summed E-state index contributed by atoms with van der Waals surface area (Å²) in [6, 6.07) is 0. The molecule has 0 amide bonds. The number of hydrogen-bond acceptors (Lipinski definition) is 3. The molecule has 100 valence electrons. The van der Waals surface area contributed by atoms with Crippen molar-refractivity contribution in [2.24, 2.45) is 0 Å². The van der Waals surface area contributed by atoms with Crippen LogP contribution in [0.25, 0.3) is 0 Å². The predicted molar refractivity (Wildman–Crippen MR) is 61.2 cm³/mol. The lowest BCUT2D eigenvalue weighted by Gasteiger charge is -2.20. The molecular formula is C12H16F3N3. The number of hydrogen-bond donors (Lipinski definition) is 1. The van der Waals surface area contributed by atoms with Crippen molar-refractivity contribution in [3.8, 4) is 0 Å². The van der Waals surface area contributed by atoms with Crippen molar-refractivity contribution in [3.05, 3.63) is 22.8 Å². The van der Waals surface area contributed by atoms with Crippen LogP contribution in [0.3, 0.4) is 0 Å². The number of fused-ring (bicyclic) bond motifs is 1. The Morgan fingerprint density at radius 2 is 2.06 bits per heavy atom. The first-order valence-corrected chi connectivity index (χ1v) is 6.14. The molecule has 6 heteroatoms. The maximum Gasteiger partial charge on any atom is 0.396 e. The summed E-state index contributed by atoms with van der Waals surface area (Å²) in [5.41, 5.74) is 2.57. The van der Waals surface area contributed by atoms with Gasteiger partial charge in [0.05, 0.1) is 5.69 Å². The summed E-state index contributed by atoms with van der Waals surface area (Å²) in [4.78, 5) is 8.15. The van der Waals surface area contributed by atoms with E-state index in [1.54, 1.807) is 0 Å². The topological polar surface area (TPSA) is 37.8 Å². The van der Waals surface area contributed by atoms with Gasteiger partial charge in [-0.2, -0.15) is 13.2 Å². The van der Waals surface area contributed by atoms with E-state index in [4.69, 9.17) is 0 Å². The summed E-state index contributed by atoms with van der Waals surface area (Å²) in [7, 11) is 0. The molecule has 3 nitrogen and oxygen atoms in total. The quantitative estimate of drug-likeness (QED) is 0.904. The second-order valence-electron chi connectivity index (χ2n) is 4.48. The van der Waals surface area contributed by atoms with Crippen molar-refractivity contribution < 1.29 is 13.2 Å². The average molecular weight is 259 g/mol. The van der Waals surface area contributed by atoms with E-state index in [9.17, 15) is 13.2 Å². The van der Waals surface area contributed by atoms with Gasteiger partial charge in [-0.3, -0.25) is 0 Å². The van der Waals surface area contributed by atoms with E-state index >= 15 is 0 Å². The number of alkyl halides is 3. The third-order valence-corrected chi connectivity index (χ3v) is 2.91. The van der Waals surface area contributed by atoms with Gasteiger partial charge >= 0.3 is 6.18 Å². The fraction of sp³-hybridized carbons (Fsp3) is 0.667. The summed E-state index contributed by atoms with van der Waals surface area (Å²) in [6.07, 6.45) is -2.90. The molecule has 1 aliphatic heterocycles. The van der Waals surface area contributed by atoms with Gasteiger partial charge in [0.1, 0.15) is 12.2 Å². The Morgan fingerprint density at radius 1 is 1.28 bits per heavy atom. The molecule has 0 saturated carbocycles. The van der Waals surface area contributed by atoms with Crippen molar-refractivity contribution >= 4 is 0 Å². The fourth-order valence-corrected chi connectivity index (χ4v) is 2.20. The zero-order valence-electron chi connectivity index (χ0n) is 10.3. The Balaban J connectivity index is 2.35. The lowest BCUT2D eigenvalue weighted by molar-refractivity contribution is -0.128. The molecule has 1 aromatic heterocycles. The second-order valence-corrected chi connectivity index (χ2v) is 4.48. The van der Waals surface area contributed by atoms with Crippen LogP contribution in [0.4, 0.5) is 13.2 Å². The molecule has 0 radical (unpaired) electrons. The molecule has 1 aliphatic rings. The molecule has 0 unspecified atom stereocenters. The zero-order chi connectivity index (χ0) is 13.2. The van der Waals surface area contributed by atoms with Gasteiger partial charge in [-0.05, 0) is 24.9 Å². The number of halogens is 3. The fourth-order valence-electron chi connectivity index (χ4n) is 2.20. The molecule has 2 heterocycles. The van der Waals surface area contributed by atoms with Crippen molar-refractivity contribution in [3.63, 3.8) is 0 Å². The summed E-state index contributed by atoms with van der Waals surface area (Å²) < 4.78 is 37.2. The zero-order valence-corrected chi connectivity index (χ0v) is 10.3. The largest absolute Gasteiger partial charge is 0.396 e. The Kier molecular flexibility index (Phi) is 3.85. The lowest BCUT2D eigenvalue weighted by atomic mass is 10.0. The molecule has 0 fully saturated rings. The van der Waals surface area contributed by atoms with Crippen molar-refractivity contribution in [1.82, 2.24) is 15.3 Å². The van der Waals surface area contributed by atoms with E-state index in [0.717, 1.165) is 42.8 Å². The van der Waals surface area contributed by atoms with E-state index in [1.807, 2.05) is 6.92 Å². The Morgan fingerprint density at radius 3 is 2.72 bits per heavy atom. The van der Waals surface area contributed by atoms with Gasteiger partial charge in [0.15, 0.2) is 0 Å². The monoisotopic (exact) mass is 259 g/mol. The molecule has 1 aromatic rings.